The number of halogens is 1. The van der Waals surface area contributed by atoms with Crippen molar-refractivity contribution in [3.8, 4) is 0 Å². The van der Waals surface area contributed by atoms with E-state index in [9.17, 15) is 0 Å². The third kappa shape index (κ3) is 4.88. The molecule has 0 aliphatic heterocycles. The van der Waals surface area contributed by atoms with Gasteiger partial charge in [-0.15, -0.1) is 11.8 Å². The normalized spacial score (nSPS) is 10.5. The van der Waals surface area contributed by atoms with Crippen molar-refractivity contribution in [2.24, 2.45) is 10.8 Å². The molecule has 0 fully saturated rings. The third-order valence-electron chi connectivity index (χ3n) is 1.60. The van der Waals surface area contributed by atoms with E-state index in [1.165, 1.54) is 11.9 Å². The average molecular weight is 242 g/mol. The molecule has 0 aliphatic carbocycles. The van der Waals surface area contributed by atoms with E-state index in [1.807, 2.05) is 24.3 Å². The first-order valence-corrected chi connectivity index (χ1v) is 5.63. The smallest absolute Gasteiger partial charge is 0.103 e. The predicted molar refractivity (Wildman–Crippen MR) is 67.7 cm³/mol. The van der Waals surface area contributed by atoms with E-state index in [2.05, 4.69) is 17.0 Å². The molecule has 5 heteroatoms. The predicted octanol–water partition coefficient (Wildman–Crippen LogP) is 2.54. The second-order valence-corrected chi connectivity index (χ2v) is 4.22. The molecule has 0 amide bonds. The Morgan fingerprint density at radius 3 is 2.80 bits per heavy atom. The number of hydrazine groups is 1. The molecule has 3 N–H and O–H groups in total. The maximum absolute atomic E-state index is 5.77. The van der Waals surface area contributed by atoms with Gasteiger partial charge in [-0.2, -0.15) is 0 Å². The number of nitrogens with zero attached hydrogens (tertiary/aromatic N) is 1. The molecule has 80 valence electrons. The molecule has 0 aromatic heterocycles. The SMILES string of the molecule is C=C(/N=C\NN)SCc1ccc(Cl)cc1. The fourth-order valence-corrected chi connectivity index (χ4v) is 1.67. The van der Waals surface area contributed by atoms with Crippen LogP contribution in [0.4, 0.5) is 0 Å². The minimum Gasteiger partial charge on any atom is -0.315 e. The van der Waals surface area contributed by atoms with Gasteiger partial charge in [0.1, 0.15) is 6.34 Å². The van der Waals surface area contributed by atoms with Crippen LogP contribution in [0.2, 0.25) is 5.02 Å². The molecule has 0 atom stereocenters. The zero-order chi connectivity index (χ0) is 11.1. The number of thioether (sulfide) groups is 1. The van der Waals surface area contributed by atoms with E-state index >= 15 is 0 Å². The lowest BCUT2D eigenvalue weighted by atomic mass is 10.2. The van der Waals surface area contributed by atoms with Gasteiger partial charge >= 0.3 is 0 Å². The first-order chi connectivity index (χ1) is 7.22. The Hall–Kier alpha value is -0.970. The Morgan fingerprint density at radius 2 is 2.20 bits per heavy atom. The lowest BCUT2D eigenvalue weighted by Crippen LogP contribution is -2.18. The van der Waals surface area contributed by atoms with Crippen LogP contribution < -0.4 is 11.3 Å². The van der Waals surface area contributed by atoms with E-state index in [1.54, 1.807) is 11.8 Å². The first-order valence-electron chi connectivity index (χ1n) is 4.27. The number of hydrogen-bond donors (Lipinski definition) is 2. The molecule has 0 saturated heterocycles. The van der Waals surface area contributed by atoms with E-state index in [-0.39, 0.29) is 0 Å². The van der Waals surface area contributed by atoms with Crippen LogP contribution in [-0.4, -0.2) is 6.34 Å². The Balaban J connectivity index is 2.40. The quantitative estimate of drug-likeness (QED) is 0.361. The van der Waals surface area contributed by atoms with Crippen LogP contribution in [0.3, 0.4) is 0 Å². The molecule has 0 aliphatic rings. The van der Waals surface area contributed by atoms with Gasteiger partial charge in [0.2, 0.25) is 0 Å². The van der Waals surface area contributed by atoms with Crippen LogP contribution in [0.15, 0.2) is 40.9 Å². The van der Waals surface area contributed by atoms with Gasteiger partial charge in [0.05, 0.1) is 5.03 Å². The molecule has 0 unspecified atom stereocenters. The highest BCUT2D eigenvalue weighted by Crippen LogP contribution is 2.21. The summed E-state index contributed by atoms with van der Waals surface area (Å²) in [6.07, 6.45) is 1.40. The summed E-state index contributed by atoms with van der Waals surface area (Å²) in [7, 11) is 0. The van der Waals surface area contributed by atoms with Gasteiger partial charge in [-0.1, -0.05) is 30.3 Å². The molecule has 15 heavy (non-hydrogen) atoms. The Bertz CT molecular complexity index is 348. The van der Waals surface area contributed by atoms with Gasteiger partial charge in [-0.05, 0) is 17.7 Å². The number of rotatable bonds is 5. The Kier molecular flexibility index (Phi) is 5.25. The summed E-state index contributed by atoms with van der Waals surface area (Å²) in [5.74, 6) is 5.85. The highest BCUT2D eigenvalue weighted by atomic mass is 35.5. The van der Waals surface area contributed by atoms with Gasteiger partial charge in [0, 0.05) is 10.8 Å². The zero-order valence-electron chi connectivity index (χ0n) is 8.11. The van der Waals surface area contributed by atoms with Crippen LogP contribution in [0.5, 0.6) is 0 Å². The fourth-order valence-electron chi connectivity index (χ4n) is 0.894. The molecule has 0 radical (unpaired) electrons. The number of hydrogen-bond acceptors (Lipinski definition) is 3. The van der Waals surface area contributed by atoms with Gasteiger partial charge in [-0.25, -0.2) is 10.8 Å². The number of nitrogens with two attached hydrogens (primary N) is 1. The lowest BCUT2D eigenvalue weighted by Gasteiger charge is -2.00. The summed E-state index contributed by atoms with van der Waals surface area (Å²) in [5, 5.41) is 1.45. The topological polar surface area (TPSA) is 50.4 Å². The largest absolute Gasteiger partial charge is 0.315 e. The number of benzene rings is 1. The highest BCUT2D eigenvalue weighted by Gasteiger charge is 1.95. The lowest BCUT2D eigenvalue weighted by molar-refractivity contribution is 1.05. The average Bonchev–Trinajstić information content (AvgIpc) is 2.25. The monoisotopic (exact) mass is 241 g/mol. The molecule has 3 nitrogen and oxygen atoms in total. The molecular weight excluding hydrogens is 230 g/mol. The summed E-state index contributed by atoms with van der Waals surface area (Å²) < 4.78 is 0. The molecule has 1 aromatic carbocycles. The van der Waals surface area contributed by atoms with Crippen molar-refractivity contribution in [3.05, 3.63) is 46.5 Å². The van der Waals surface area contributed by atoms with Gasteiger partial charge in [0.15, 0.2) is 0 Å². The molecule has 0 spiro atoms. The van der Waals surface area contributed by atoms with E-state index in [0.717, 1.165) is 10.8 Å². The maximum atomic E-state index is 5.77. The molecule has 1 aromatic rings. The van der Waals surface area contributed by atoms with Crippen LogP contribution in [0, 0.1) is 0 Å². The molecule has 0 bridgehead atoms. The van der Waals surface area contributed by atoms with Crippen molar-refractivity contribution in [1.82, 2.24) is 5.43 Å². The van der Waals surface area contributed by atoms with Crippen molar-refractivity contribution >= 4 is 29.7 Å². The standard InChI is InChI=1S/C10H12ClN3S/c1-8(13-7-14-12)15-6-9-2-4-10(11)5-3-9/h2-5,7H,1,6,12H2,(H,13,14). The van der Waals surface area contributed by atoms with Crippen molar-refractivity contribution < 1.29 is 0 Å². The van der Waals surface area contributed by atoms with Crippen LogP contribution in [0.1, 0.15) is 5.56 Å². The Labute approximate surface area is 98.4 Å². The fraction of sp³-hybridized carbons (Fsp3) is 0.100. The minimum atomic E-state index is 0.711. The van der Waals surface area contributed by atoms with Crippen LogP contribution >= 0.6 is 23.4 Å². The van der Waals surface area contributed by atoms with Crippen molar-refractivity contribution in [1.29, 1.82) is 0 Å². The summed E-state index contributed by atoms with van der Waals surface area (Å²) >= 11 is 7.32. The van der Waals surface area contributed by atoms with Crippen LogP contribution in [0.25, 0.3) is 0 Å². The van der Waals surface area contributed by atoms with Crippen molar-refractivity contribution in [3.63, 3.8) is 0 Å². The maximum Gasteiger partial charge on any atom is 0.103 e. The molecule has 1 rings (SSSR count). The highest BCUT2D eigenvalue weighted by molar-refractivity contribution is 8.02. The summed E-state index contributed by atoms with van der Waals surface area (Å²) in [6, 6.07) is 7.69. The van der Waals surface area contributed by atoms with E-state index < -0.39 is 0 Å². The molecule has 0 heterocycles. The Morgan fingerprint density at radius 1 is 1.53 bits per heavy atom. The van der Waals surface area contributed by atoms with E-state index in [4.69, 9.17) is 17.4 Å². The molecule has 0 saturated carbocycles. The molecular formula is C10H12ClN3S. The third-order valence-corrected chi connectivity index (χ3v) is 2.77. The summed E-state index contributed by atoms with van der Waals surface area (Å²) in [6.45, 7) is 3.77. The summed E-state index contributed by atoms with van der Waals surface area (Å²) in [5.41, 5.74) is 3.50. The second-order valence-electron chi connectivity index (χ2n) is 2.73. The second kappa shape index (κ2) is 6.50. The van der Waals surface area contributed by atoms with Crippen LogP contribution in [-0.2, 0) is 5.75 Å². The number of aliphatic imine (C=N–C) groups is 1. The summed E-state index contributed by atoms with van der Waals surface area (Å²) in [4.78, 5) is 3.96. The van der Waals surface area contributed by atoms with Gasteiger partial charge in [-0.3, -0.25) is 0 Å². The number of nitrogens with one attached hydrogen (secondary N) is 1. The van der Waals surface area contributed by atoms with Gasteiger partial charge in [0.25, 0.3) is 0 Å². The van der Waals surface area contributed by atoms with E-state index in [0.29, 0.717) is 5.03 Å². The van der Waals surface area contributed by atoms with Crippen molar-refractivity contribution in [2.45, 2.75) is 5.75 Å². The van der Waals surface area contributed by atoms with Gasteiger partial charge < -0.3 is 5.43 Å². The van der Waals surface area contributed by atoms with Crippen molar-refractivity contribution in [2.75, 3.05) is 0 Å². The minimum absolute atomic E-state index is 0.711. The zero-order valence-corrected chi connectivity index (χ0v) is 9.68. The first kappa shape index (κ1) is 12.1.